The molecule has 0 fully saturated rings. The zero-order valence-corrected chi connectivity index (χ0v) is 14.2. The summed E-state index contributed by atoms with van der Waals surface area (Å²) in [7, 11) is 1.36. The van der Waals surface area contributed by atoms with E-state index in [2.05, 4.69) is 22.2 Å². The molecule has 1 unspecified atom stereocenters. The fourth-order valence-corrected chi connectivity index (χ4v) is 3.42. The van der Waals surface area contributed by atoms with Crippen molar-refractivity contribution in [1.29, 1.82) is 0 Å². The van der Waals surface area contributed by atoms with Crippen LogP contribution in [0.1, 0.15) is 35.6 Å². The van der Waals surface area contributed by atoms with Gasteiger partial charge in [0, 0.05) is 23.4 Å². The Bertz CT molecular complexity index is 1050. The lowest BCUT2D eigenvalue weighted by Gasteiger charge is -2.17. The minimum absolute atomic E-state index is 0.283. The van der Waals surface area contributed by atoms with E-state index in [1.54, 1.807) is 12.1 Å². The number of ether oxygens (including phenoxy) is 2. The van der Waals surface area contributed by atoms with Gasteiger partial charge in [-0.15, -0.1) is 6.58 Å². The first-order valence-electron chi connectivity index (χ1n) is 8.12. The van der Waals surface area contributed by atoms with Gasteiger partial charge in [0.1, 0.15) is 23.3 Å². The Morgan fingerprint density at radius 2 is 2.20 bits per heavy atom. The van der Waals surface area contributed by atoms with Gasteiger partial charge in [0.2, 0.25) is 0 Å². The fraction of sp³-hybridized carbons (Fsp3) is 0.200. The Hall–Kier alpha value is -3.08. The van der Waals surface area contributed by atoms with Crippen LogP contribution in [0.15, 0.2) is 48.7 Å². The van der Waals surface area contributed by atoms with Crippen LogP contribution in [0.25, 0.3) is 28.0 Å². The van der Waals surface area contributed by atoms with Crippen LogP contribution in [0.2, 0.25) is 0 Å². The summed E-state index contributed by atoms with van der Waals surface area (Å²) in [5, 5.41) is 2.03. The van der Waals surface area contributed by atoms with Gasteiger partial charge >= 0.3 is 5.97 Å². The number of carbonyl (C=O) groups is 1. The van der Waals surface area contributed by atoms with Gasteiger partial charge in [-0.2, -0.15) is 0 Å². The van der Waals surface area contributed by atoms with Gasteiger partial charge < -0.3 is 14.0 Å². The van der Waals surface area contributed by atoms with Crippen LogP contribution >= 0.6 is 0 Å². The van der Waals surface area contributed by atoms with Gasteiger partial charge in [-0.3, -0.25) is 0 Å². The zero-order chi connectivity index (χ0) is 17.6. The lowest BCUT2D eigenvalue weighted by molar-refractivity contribution is 0.0592. The molecule has 0 saturated heterocycles. The van der Waals surface area contributed by atoms with Crippen LogP contribution in [0, 0.1) is 0 Å². The average Bonchev–Trinajstić information content (AvgIpc) is 2.85. The topological polar surface area (TPSA) is 53.4 Å². The lowest BCUT2D eigenvalue weighted by Crippen LogP contribution is -2.10. The highest BCUT2D eigenvalue weighted by Gasteiger charge is 2.26. The fourth-order valence-electron chi connectivity index (χ4n) is 3.42. The van der Waals surface area contributed by atoms with E-state index in [0.717, 1.165) is 33.3 Å². The van der Waals surface area contributed by atoms with Crippen LogP contribution in [-0.4, -0.2) is 22.6 Å². The minimum atomic E-state index is -0.457. The minimum Gasteiger partial charge on any atom is -0.487 e. The molecule has 0 spiro atoms. The van der Waals surface area contributed by atoms with Crippen molar-refractivity contribution in [2.75, 3.05) is 7.11 Å². The molecular formula is C20H18N2O3. The molecule has 0 aliphatic carbocycles. The molecule has 5 nitrogen and oxygen atoms in total. The number of pyridine rings is 1. The SMILES string of the molecule is C=CCC1OC(C)=Cn2c3ccccc3c3cc(C(=O)OC)nc1c32. The van der Waals surface area contributed by atoms with Crippen LogP contribution < -0.4 is 0 Å². The Kier molecular flexibility index (Phi) is 3.57. The first-order valence-corrected chi connectivity index (χ1v) is 8.12. The number of benzene rings is 1. The van der Waals surface area contributed by atoms with Gasteiger partial charge in [-0.05, 0) is 19.1 Å². The van der Waals surface area contributed by atoms with Gasteiger partial charge in [0.25, 0.3) is 0 Å². The number of methoxy groups -OCH3 is 1. The molecule has 0 N–H and O–H groups in total. The summed E-state index contributed by atoms with van der Waals surface area (Å²) in [6, 6.07) is 9.88. The molecule has 0 amide bonds. The Morgan fingerprint density at radius 1 is 1.40 bits per heavy atom. The number of para-hydroxylation sites is 1. The van der Waals surface area contributed by atoms with E-state index in [9.17, 15) is 4.79 Å². The molecule has 4 rings (SSSR count). The van der Waals surface area contributed by atoms with Crippen molar-refractivity contribution in [2.45, 2.75) is 19.4 Å². The molecule has 126 valence electrons. The zero-order valence-electron chi connectivity index (χ0n) is 14.2. The summed E-state index contributed by atoms with van der Waals surface area (Å²) in [6.45, 7) is 5.74. The second-order valence-electron chi connectivity index (χ2n) is 6.04. The maximum absolute atomic E-state index is 12.1. The van der Waals surface area contributed by atoms with Crippen molar-refractivity contribution < 1.29 is 14.3 Å². The maximum atomic E-state index is 12.1. The Balaban J connectivity index is 2.17. The molecule has 1 aromatic carbocycles. The molecule has 0 saturated carbocycles. The van der Waals surface area contributed by atoms with Crippen molar-refractivity contribution in [3.63, 3.8) is 0 Å². The van der Waals surface area contributed by atoms with Crippen LogP contribution in [0.4, 0.5) is 0 Å². The Morgan fingerprint density at radius 3 is 2.96 bits per heavy atom. The molecule has 1 atom stereocenters. The van der Waals surface area contributed by atoms with Crippen molar-refractivity contribution >= 4 is 34.0 Å². The molecule has 0 radical (unpaired) electrons. The quantitative estimate of drug-likeness (QED) is 0.525. The van der Waals surface area contributed by atoms with Gasteiger partial charge in [-0.1, -0.05) is 24.3 Å². The second kappa shape index (κ2) is 5.77. The predicted octanol–water partition coefficient (Wildman–Crippen LogP) is 4.44. The number of nitrogens with zero attached hydrogens (tertiary/aromatic N) is 2. The van der Waals surface area contributed by atoms with Crippen molar-refractivity contribution in [1.82, 2.24) is 9.55 Å². The normalized spacial score (nSPS) is 16.2. The highest BCUT2D eigenvalue weighted by molar-refractivity contribution is 6.11. The highest BCUT2D eigenvalue weighted by Crippen LogP contribution is 2.38. The monoisotopic (exact) mass is 334 g/mol. The van der Waals surface area contributed by atoms with E-state index in [-0.39, 0.29) is 11.8 Å². The number of hydrogen-bond donors (Lipinski definition) is 0. The van der Waals surface area contributed by atoms with E-state index in [1.165, 1.54) is 7.11 Å². The van der Waals surface area contributed by atoms with Crippen molar-refractivity contribution in [3.05, 3.63) is 60.1 Å². The summed E-state index contributed by atoms with van der Waals surface area (Å²) in [5.41, 5.74) is 3.01. The van der Waals surface area contributed by atoms with Crippen LogP contribution in [-0.2, 0) is 9.47 Å². The smallest absolute Gasteiger partial charge is 0.356 e. The summed E-state index contributed by atoms with van der Waals surface area (Å²) in [4.78, 5) is 16.7. The number of fused-ring (bicyclic) bond motifs is 3. The number of carbonyl (C=O) groups excluding carboxylic acids is 1. The molecule has 5 heteroatoms. The van der Waals surface area contributed by atoms with E-state index in [4.69, 9.17) is 9.47 Å². The molecule has 3 heterocycles. The molecule has 2 aromatic heterocycles. The second-order valence-corrected chi connectivity index (χ2v) is 6.04. The predicted molar refractivity (Wildman–Crippen MR) is 97.2 cm³/mol. The maximum Gasteiger partial charge on any atom is 0.356 e. The first kappa shape index (κ1) is 15.4. The van der Waals surface area contributed by atoms with E-state index >= 15 is 0 Å². The van der Waals surface area contributed by atoms with E-state index in [0.29, 0.717) is 6.42 Å². The molecule has 3 aromatic rings. The summed E-state index contributed by atoms with van der Waals surface area (Å²) in [6.07, 6.45) is 4.07. The van der Waals surface area contributed by atoms with E-state index in [1.807, 2.05) is 31.3 Å². The molecular weight excluding hydrogens is 316 g/mol. The summed E-state index contributed by atoms with van der Waals surface area (Å²) in [5.74, 6) is 0.327. The first-order chi connectivity index (χ1) is 12.1. The lowest BCUT2D eigenvalue weighted by atomic mass is 10.1. The molecule has 25 heavy (non-hydrogen) atoms. The summed E-state index contributed by atoms with van der Waals surface area (Å²) >= 11 is 0. The molecule has 1 aliphatic heterocycles. The third-order valence-electron chi connectivity index (χ3n) is 4.43. The third kappa shape index (κ3) is 2.31. The van der Waals surface area contributed by atoms with Crippen LogP contribution in [0.5, 0.6) is 0 Å². The molecule has 0 bridgehead atoms. The van der Waals surface area contributed by atoms with Crippen molar-refractivity contribution in [3.8, 4) is 0 Å². The Labute approximate surface area is 145 Å². The molecule has 1 aliphatic rings. The number of allylic oxidation sites excluding steroid dienone is 1. The number of hydrogen-bond acceptors (Lipinski definition) is 4. The van der Waals surface area contributed by atoms with Gasteiger partial charge in [0.15, 0.2) is 0 Å². The largest absolute Gasteiger partial charge is 0.487 e. The van der Waals surface area contributed by atoms with Gasteiger partial charge in [0.05, 0.1) is 18.1 Å². The third-order valence-corrected chi connectivity index (χ3v) is 4.43. The average molecular weight is 334 g/mol. The number of aromatic nitrogens is 2. The van der Waals surface area contributed by atoms with E-state index < -0.39 is 5.97 Å². The standard InChI is InChI=1S/C20H18N2O3/c1-4-7-17-18-19-14(10-15(21-18)20(23)24-3)13-8-5-6-9-16(13)22(19)11-12(2)25-17/h4-6,8-11,17H,1,7H2,2-3H3. The summed E-state index contributed by atoms with van der Waals surface area (Å²) < 4.78 is 13.0. The highest BCUT2D eigenvalue weighted by atomic mass is 16.5. The van der Waals surface area contributed by atoms with Gasteiger partial charge in [-0.25, -0.2) is 9.78 Å². The van der Waals surface area contributed by atoms with Crippen molar-refractivity contribution in [2.24, 2.45) is 0 Å². The number of rotatable bonds is 3. The number of esters is 1. The van der Waals surface area contributed by atoms with Crippen LogP contribution in [0.3, 0.4) is 0 Å².